The van der Waals surface area contributed by atoms with E-state index in [2.05, 4.69) is 10.3 Å². The summed E-state index contributed by atoms with van der Waals surface area (Å²) in [6.07, 6.45) is 3.85. The van der Waals surface area contributed by atoms with E-state index in [0.717, 1.165) is 12.1 Å². The van der Waals surface area contributed by atoms with Crippen molar-refractivity contribution >= 4 is 21.6 Å². The number of nitrogens with one attached hydrogen (secondary N) is 1. The molecule has 1 amide bonds. The van der Waals surface area contributed by atoms with Crippen LogP contribution in [0.3, 0.4) is 0 Å². The highest BCUT2D eigenvalue weighted by molar-refractivity contribution is 7.89. The first kappa shape index (κ1) is 22.3. The largest absolute Gasteiger partial charge is 0.497 e. The molecule has 4 heterocycles. The minimum absolute atomic E-state index is 0.00289. The predicted molar refractivity (Wildman–Crippen MR) is 125 cm³/mol. The van der Waals surface area contributed by atoms with Crippen molar-refractivity contribution in [1.29, 1.82) is 0 Å². The molecule has 176 valence electrons. The SMILES string of the molecule is COc1ccc(S(=O)(=O)N2CC3CC(C2)c2ccc(NC(=O)c4ccncc4)c(=O)n2C3)cc1. The van der Waals surface area contributed by atoms with E-state index >= 15 is 0 Å². The molecule has 2 aromatic heterocycles. The average Bonchev–Trinajstić information content (AvgIpc) is 2.86. The number of carbonyl (C=O) groups is 1. The second-order valence-corrected chi connectivity index (χ2v) is 10.5. The van der Waals surface area contributed by atoms with Gasteiger partial charge in [-0.1, -0.05) is 0 Å². The zero-order valence-electron chi connectivity index (χ0n) is 18.5. The van der Waals surface area contributed by atoms with Crippen LogP contribution < -0.4 is 15.6 Å². The second-order valence-electron chi connectivity index (χ2n) is 8.57. The lowest BCUT2D eigenvalue weighted by Gasteiger charge is -2.42. The lowest BCUT2D eigenvalue weighted by Crippen LogP contribution is -2.49. The van der Waals surface area contributed by atoms with Gasteiger partial charge in [0.1, 0.15) is 11.4 Å². The molecule has 3 aromatic rings. The van der Waals surface area contributed by atoms with Crippen molar-refractivity contribution in [2.75, 3.05) is 25.5 Å². The monoisotopic (exact) mass is 480 g/mol. The number of hydrogen-bond acceptors (Lipinski definition) is 6. The van der Waals surface area contributed by atoms with Gasteiger partial charge >= 0.3 is 0 Å². The van der Waals surface area contributed by atoms with Gasteiger partial charge in [-0.05, 0) is 60.9 Å². The zero-order chi connectivity index (χ0) is 23.9. The van der Waals surface area contributed by atoms with E-state index in [9.17, 15) is 18.0 Å². The van der Waals surface area contributed by atoms with Crippen LogP contribution >= 0.6 is 0 Å². The van der Waals surface area contributed by atoms with E-state index in [-0.39, 0.29) is 33.9 Å². The minimum Gasteiger partial charge on any atom is -0.497 e. The van der Waals surface area contributed by atoms with Gasteiger partial charge < -0.3 is 14.6 Å². The Hall–Kier alpha value is -3.50. The third-order valence-electron chi connectivity index (χ3n) is 6.46. The summed E-state index contributed by atoms with van der Waals surface area (Å²) in [5.41, 5.74) is 1.13. The number of aromatic nitrogens is 2. The molecule has 1 fully saturated rings. The van der Waals surface area contributed by atoms with E-state index in [4.69, 9.17) is 4.74 Å². The van der Waals surface area contributed by atoms with Gasteiger partial charge in [0.05, 0.1) is 12.0 Å². The molecule has 0 spiro atoms. The lowest BCUT2D eigenvalue weighted by atomic mass is 9.84. The molecule has 0 radical (unpaired) electrons. The number of sulfonamides is 1. The van der Waals surface area contributed by atoms with Crippen LogP contribution in [0.15, 0.2) is 70.6 Å². The number of nitrogens with zero attached hydrogens (tertiary/aromatic N) is 3. The number of rotatable bonds is 5. The average molecular weight is 481 g/mol. The van der Waals surface area contributed by atoms with Gasteiger partial charge in [0, 0.05) is 49.2 Å². The maximum absolute atomic E-state index is 13.3. The Morgan fingerprint density at radius 3 is 2.47 bits per heavy atom. The number of hydrogen-bond donors (Lipinski definition) is 1. The van der Waals surface area contributed by atoms with Crippen molar-refractivity contribution in [2.24, 2.45) is 5.92 Å². The molecule has 9 nitrogen and oxygen atoms in total. The number of methoxy groups -OCH3 is 1. The van der Waals surface area contributed by atoms with Crippen molar-refractivity contribution in [3.05, 3.63) is 82.5 Å². The predicted octanol–water partition coefficient (Wildman–Crippen LogP) is 2.31. The molecule has 2 aliphatic heterocycles. The highest BCUT2D eigenvalue weighted by Crippen LogP contribution is 2.37. The summed E-state index contributed by atoms with van der Waals surface area (Å²) >= 11 is 0. The fourth-order valence-corrected chi connectivity index (χ4v) is 6.35. The zero-order valence-corrected chi connectivity index (χ0v) is 19.4. The van der Waals surface area contributed by atoms with Gasteiger partial charge in [-0.15, -0.1) is 0 Å². The molecule has 0 aliphatic carbocycles. The maximum Gasteiger partial charge on any atom is 0.274 e. The third-order valence-corrected chi connectivity index (χ3v) is 8.30. The highest BCUT2D eigenvalue weighted by atomic mass is 32.2. The molecule has 1 N–H and O–H groups in total. The van der Waals surface area contributed by atoms with E-state index in [0.29, 0.717) is 30.9 Å². The molecule has 34 heavy (non-hydrogen) atoms. The fourth-order valence-electron chi connectivity index (χ4n) is 4.79. The van der Waals surface area contributed by atoms with Crippen molar-refractivity contribution < 1.29 is 17.9 Å². The molecule has 1 saturated heterocycles. The number of anilines is 1. The van der Waals surface area contributed by atoms with Crippen molar-refractivity contribution in [1.82, 2.24) is 13.9 Å². The summed E-state index contributed by atoms with van der Waals surface area (Å²) in [4.78, 5) is 29.8. The summed E-state index contributed by atoms with van der Waals surface area (Å²) in [7, 11) is -2.14. The first-order valence-electron chi connectivity index (χ1n) is 11.0. The Labute approximate surface area is 197 Å². The molecule has 2 atom stereocenters. The summed E-state index contributed by atoms with van der Waals surface area (Å²) < 4.78 is 34.9. The number of piperidine rings is 1. The normalized spacial score (nSPS) is 19.8. The summed E-state index contributed by atoms with van der Waals surface area (Å²) in [6, 6.07) is 12.9. The third kappa shape index (κ3) is 3.99. The van der Waals surface area contributed by atoms with Crippen LogP contribution in [0, 0.1) is 5.92 Å². The minimum atomic E-state index is -3.67. The summed E-state index contributed by atoms with van der Waals surface area (Å²) in [6.45, 7) is 1.04. The molecule has 2 bridgehead atoms. The van der Waals surface area contributed by atoms with Crippen molar-refractivity contribution in [2.45, 2.75) is 23.8 Å². The molecule has 10 heteroatoms. The topological polar surface area (TPSA) is 111 Å². The number of amides is 1. The van der Waals surface area contributed by atoms with Gasteiger partial charge in [0.25, 0.3) is 11.5 Å². The van der Waals surface area contributed by atoms with Gasteiger partial charge in [-0.25, -0.2) is 8.42 Å². The molecule has 2 unspecified atom stereocenters. The van der Waals surface area contributed by atoms with Crippen LogP contribution in [-0.2, 0) is 16.6 Å². The number of carbonyl (C=O) groups excluding carboxylic acids is 1. The van der Waals surface area contributed by atoms with Crippen LogP contribution in [0.2, 0.25) is 0 Å². The van der Waals surface area contributed by atoms with Gasteiger partial charge in [0.2, 0.25) is 10.0 Å². The molecular formula is C24H24N4O5S. The van der Waals surface area contributed by atoms with E-state index < -0.39 is 10.0 Å². The van der Waals surface area contributed by atoms with E-state index in [1.54, 1.807) is 47.0 Å². The molecule has 0 saturated carbocycles. The van der Waals surface area contributed by atoms with Crippen LogP contribution in [0.1, 0.15) is 28.4 Å². The standard InChI is InChI=1S/C24H24N4O5S/c1-33-19-2-4-20(5-3-19)34(31,32)27-13-16-12-18(15-27)22-7-6-21(24(30)28(22)14-16)26-23(29)17-8-10-25-11-9-17/h2-11,16,18H,12-15H2,1H3,(H,26,29). The number of pyridine rings is 2. The van der Waals surface area contributed by atoms with Crippen LogP contribution in [0.25, 0.3) is 0 Å². The Balaban J connectivity index is 1.39. The number of benzene rings is 1. The molecule has 5 rings (SSSR count). The Morgan fingerprint density at radius 1 is 1.03 bits per heavy atom. The smallest absolute Gasteiger partial charge is 0.274 e. The maximum atomic E-state index is 13.3. The molecule has 1 aromatic carbocycles. The Kier molecular flexibility index (Phi) is 5.70. The summed E-state index contributed by atoms with van der Waals surface area (Å²) in [5, 5.41) is 2.69. The lowest BCUT2D eigenvalue weighted by molar-refractivity contribution is 0.102. The Morgan fingerprint density at radius 2 is 1.76 bits per heavy atom. The first-order valence-corrected chi connectivity index (χ1v) is 12.4. The molecular weight excluding hydrogens is 456 g/mol. The second kappa shape index (κ2) is 8.69. The number of fused-ring (bicyclic) bond motifs is 4. The van der Waals surface area contributed by atoms with Gasteiger partial charge in [-0.2, -0.15) is 4.31 Å². The number of ether oxygens (including phenoxy) is 1. The van der Waals surface area contributed by atoms with Crippen LogP contribution in [0.5, 0.6) is 5.75 Å². The van der Waals surface area contributed by atoms with Crippen molar-refractivity contribution in [3.8, 4) is 5.75 Å². The summed E-state index contributed by atoms with van der Waals surface area (Å²) in [5.74, 6) is 0.115. The Bertz CT molecular complexity index is 1390. The van der Waals surface area contributed by atoms with Gasteiger partial charge in [-0.3, -0.25) is 14.6 Å². The van der Waals surface area contributed by atoms with Crippen LogP contribution in [-0.4, -0.2) is 48.4 Å². The quantitative estimate of drug-likeness (QED) is 0.600. The van der Waals surface area contributed by atoms with Crippen molar-refractivity contribution in [3.63, 3.8) is 0 Å². The van der Waals surface area contributed by atoms with E-state index in [1.165, 1.54) is 23.8 Å². The van der Waals surface area contributed by atoms with E-state index in [1.807, 2.05) is 6.07 Å². The highest BCUT2D eigenvalue weighted by Gasteiger charge is 2.39. The molecule has 2 aliphatic rings. The fraction of sp³-hybridized carbons (Fsp3) is 0.292. The van der Waals surface area contributed by atoms with Crippen LogP contribution in [0.4, 0.5) is 5.69 Å². The first-order chi connectivity index (χ1) is 16.4. The van der Waals surface area contributed by atoms with Gasteiger partial charge in [0.15, 0.2) is 0 Å².